The number of para-hydroxylation sites is 3. The van der Waals surface area contributed by atoms with Gasteiger partial charge in [-0.1, -0.05) is 54.6 Å². The number of nitrogens with zero attached hydrogens (tertiary/aromatic N) is 4. The lowest BCUT2D eigenvalue weighted by Crippen LogP contribution is -2.09. The van der Waals surface area contributed by atoms with Gasteiger partial charge < -0.3 is 18.6 Å². The maximum Gasteiger partial charge on any atom is 0.248 e. The van der Waals surface area contributed by atoms with E-state index in [0.29, 0.717) is 11.8 Å². The zero-order valence-corrected chi connectivity index (χ0v) is 26.1. The van der Waals surface area contributed by atoms with Gasteiger partial charge in [-0.05, 0) is 111 Å². The first kappa shape index (κ1) is 28.3. The maximum atomic E-state index is 6.10. The quantitative estimate of drug-likeness (QED) is 0.171. The molecule has 0 saturated carbocycles. The lowest BCUT2D eigenvalue weighted by atomic mass is 10.1. The van der Waals surface area contributed by atoms with Crippen molar-refractivity contribution in [1.82, 2.24) is 14.8 Å². The summed E-state index contributed by atoms with van der Waals surface area (Å²) in [6.07, 6.45) is 0.112. The summed E-state index contributed by atoms with van der Waals surface area (Å²) in [5.74, 6) is 1.74. The van der Waals surface area contributed by atoms with Gasteiger partial charge in [-0.15, -0.1) is 10.2 Å². The monoisotopic (exact) mass is 612 g/mol. The van der Waals surface area contributed by atoms with E-state index in [9.17, 15) is 0 Å². The predicted octanol–water partition coefficient (Wildman–Crippen LogP) is 10.8. The van der Waals surface area contributed by atoms with Crippen LogP contribution in [0, 0.1) is 0 Å². The molecule has 0 aliphatic heterocycles. The highest BCUT2D eigenvalue weighted by Crippen LogP contribution is 2.40. The number of fused-ring (bicyclic) bond motifs is 3. The summed E-state index contributed by atoms with van der Waals surface area (Å²) >= 11 is 0. The summed E-state index contributed by atoms with van der Waals surface area (Å²) in [6, 6.07) is 52.3. The van der Waals surface area contributed by atoms with E-state index in [2.05, 4.69) is 129 Å². The first-order chi connectivity index (χ1) is 23.1. The first-order valence-electron chi connectivity index (χ1n) is 15.8. The zero-order chi connectivity index (χ0) is 31.7. The van der Waals surface area contributed by atoms with Gasteiger partial charge in [0.05, 0.1) is 17.1 Å². The van der Waals surface area contributed by atoms with E-state index < -0.39 is 0 Å². The molecular formula is C41H32N4O2. The minimum atomic E-state index is 0.112. The van der Waals surface area contributed by atoms with Crippen molar-refractivity contribution >= 4 is 38.9 Å². The van der Waals surface area contributed by atoms with Crippen LogP contribution in [0.2, 0.25) is 0 Å². The normalized spacial score (nSPS) is 11.4. The smallest absolute Gasteiger partial charge is 0.248 e. The predicted molar refractivity (Wildman–Crippen MR) is 190 cm³/mol. The standard InChI is InChI=1S/C41H32N4O2/c1-28(2)46-35-24-19-30(20-25-35)41-43-42-40(47-41)29-17-21-33(22-18-29)44(31-11-5-3-6-12-31)34-23-26-39-37(27-34)36-15-9-10-16-38(36)45(39)32-13-7-4-8-14-32/h3-28H,1-2H3. The van der Waals surface area contributed by atoms with Crippen LogP contribution in [0.3, 0.4) is 0 Å². The summed E-state index contributed by atoms with van der Waals surface area (Å²) in [6.45, 7) is 4.01. The Morgan fingerprint density at radius 1 is 0.553 bits per heavy atom. The molecule has 0 radical (unpaired) electrons. The summed E-state index contributed by atoms with van der Waals surface area (Å²) in [5.41, 5.74) is 8.33. The molecule has 0 spiro atoms. The van der Waals surface area contributed by atoms with E-state index in [-0.39, 0.29) is 6.10 Å². The number of hydrogen-bond donors (Lipinski definition) is 0. The Kier molecular flexibility index (Phi) is 7.23. The van der Waals surface area contributed by atoms with E-state index >= 15 is 0 Å². The van der Waals surface area contributed by atoms with Gasteiger partial charge in [0.15, 0.2) is 0 Å². The zero-order valence-electron chi connectivity index (χ0n) is 26.1. The highest BCUT2D eigenvalue weighted by molar-refractivity contribution is 6.10. The average molecular weight is 613 g/mol. The van der Waals surface area contributed by atoms with Gasteiger partial charge in [-0.2, -0.15) is 0 Å². The first-order valence-corrected chi connectivity index (χ1v) is 15.8. The summed E-state index contributed by atoms with van der Waals surface area (Å²) in [7, 11) is 0. The second-order valence-electron chi connectivity index (χ2n) is 11.7. The van der Waals surface area contributed by atoms with Crippen molar-refractivity contribution in [2.24, 2.45) is 0 Å². The summed E-state index contributed by atoms with van der Waals surface area (Å²) in [5, 5.41) is 11.1. The Hall–Kier alpha value is -6.14. The van der Waals surface area contributed by atoms with Crippen LogP contribution >= 0.6 is 0 Å². The molecule has 228 valence electrons. The largest absolute Gasteiger partial charge is 0.491 e. The third-order valence-corrected chi connectivity index (χ3v) is 8.21. The van der Waals surface area contributed by atoms with Gasteiger partial charge in [0.2, 0.25) is 11.8 Å². The number of hydrogen-bond acceptors (Lipinski definition) is 5. The molecule has 0 fully saturated rings. The third-order valence-electron chi connectivity index (χ3n) is 8.21. The minimum absolute atomic E-state index is 0.112. The number of aromatic nitrogens is 3. The van der Waals surface area contributed by atoms with Crippen molar-refractivity contribution in [2.45, 2.75) is 20.0 Å². The van der Waals surface area contributed by atoms with Gasteiger partial charge >= 0.3 is 0 Å². The lowest BCUT2D eigenvalue weighted by molar-refractivity contribution is 0.242. The Labute approximate surface area is 273 Å². The average Bonchev–Trinajstić information content (AvgIpc) is 3.73. The fraction of sp³-hybridized carbons (Fsp3) is 0.0732. The summed E-state index contributed by atoms with van der Waals surface area (Å²) in [4.78, 5) is 2.28. The van der Waals surface area contributed by atoms with Gasteiger partial charge in [-0.25, -0.2) is 0 Å². The van der Waals surface area contributed by atoms with Crippen molar-refractivity contribution in [3.8, 4) is 34.3 Å². The number of rotatable bonds is 8. The topological polar surface area (TPSA) is 56.3 Å². The second-order valence-corrected chi connectivity index (χ2v) is 11.7. The molecule has 0 saturated heterocycles. The van der Waals surface area contributed by atoms with Crippen molar-refractivity contribution < 1.29 is 9.15 Å². The molecule has 2 heterocycles. The van der Waals surface area contributed by atoms with E-state index in [1.54, 1.807) is 0 Å². The second kappa shape index (κ2) is 12.0. The molecule has 47 heavy (non-hydrogen) atoms. The molecule has 2 aromatic heterocycles. The van der Waals surface area contributed by atoms with E-state index in [4.69, 9.17) is 9.15 Å². The minimum Gasteiger partial charge on any atom is -0.491 e. The molecule has 8 aromatic rings. The van der Waals surface area contributed by atoms with Crippen LogP contribution in [0.1, 0.15) is 13.8 Å². The third kappa shape index (κ3) is 5.40. The molecular weight excluding hydrogens is 580 g/mol. The number of anilines is 3. The van der Waals surface area contributed by atoms with Gasteiger partial charge in [0.25, 0.3) is 0 Å². The summed E-state index contributed by atoms with van der Waals surface area (Å²) < 4.78 is 14.2. The van der Waals surface area contributed by atoms with Crippen LogP contribution in [0.15, 0.2) is 156 Å². The van der Waals surface area contributed by atoms with Crippen LogP contribution < -0.4 is 9.64 Å². The molecule has 0 N–H and O–H groups in total. The molecule has 6 heteroatoms. The van der Waals surface area contributed by atoms with Crippen LogP contribution in [0.4, 0.5) is 17.1 Å². The highest BCUT2D eigenvalue weighted by atomic mass is 16.5. The van der Waals surface area contributed by atoms with Gasteiger partial charge in [0, 0.05) is 44.6 Å². The molecule has 0 aliphatic carbocycles. The Morgan fingerprint density at radius 3 is 1.79 bits per heavy atom. The SMILES string of the molecule is CC(C)Oc1ccc(-c2nnc(-c3ccc(N(c4ccccc4)c4ccc5c(c4)c4ccccc4n5-c4ccccc4)cc3)o2)cc1. The van der Waals surface area contributed by atoms with Gasteiger partial charge in [0.1, 0.15) is 5.75 Å². The van der Waals surface area contributed by atoms with E-state index in [0.717, 1.165) is 39.6 Å². The highest BCUT2D eigenvalue weighted by Gasteiger charge is 2.18. The van der Waals surface area contributed by atoms with Gasteiger partial charge in [-0.3, -0.25) is 0 Å². The van der Waals surface area contributed by atoms with Crippen LogP contribution in [-0.4, -0.2) is 20.9 Å². The Morgan fingerprint density at radius 2 is 1.11 bits per heavy atom. The fourth-order valence-electron chi connectivity index (χ4n) is 6.14. The molecule has 6 aromatic carbocycles. The fourth-order valence-corrected chi connectivity index (χ4v) is 6.14. The van der Waals surface area contributed by atoms with Crippen LogP contribution in [0.5, 0.6) is 5.75 Å². The molecule has 0 bridgehead atoms. The molecule has 0 amide bonds. The number of benzene rings is 6. The van der Waals surface area contributed by atoms with E-state index in [1.807, 2.05) is 56.3 Å². The molecule has 6 nitrogen and oxygen atoms in total. The molecule has 8 rings (SSSR count). The van der Waals surface area contributed by atoms with Crippen molar-refractivity contribution in [3.05, 3.63) is 152 Å². The van der Waals surface area contributed by atoms with Crippen LogP contribution in [-0.2, 0) is 0 Å². The van der Waals surface area contributed by atoms with Crippen molar-refractivity contribution in [2.75, 3.05) is 4.90 Å². The maximum absolute atomic E-state index is 6.10. The molecule has 0 atom stereocenters. The molecule has 0 unspecified atom stereocenters. The Bertz CT molecular complexity index is 2290. The lowest BCUT2D eigenvalue weighted by Gasteiger charge is -2.25. The van der Waals surface area contributed by atoms with Crippen LogP contribution in [0.25, 0.3) is 50.4 Å². The van der Waals surface area contributed by atoms with E-state index in [1.165, 1.54) is 21.8 Å². The Balaban J connectivity index is 1.16. The number of ether oxygens (including phenoxy) is 1. The van der Waals surface area contributed by atoms with Crippen molar-refractivity contribution in [1.29, 1.82) is 0 Å². The molecule has 0 aliphatic rings. The van der Waals surface area contributed by atoms with Crippen molar-refractivity contribution in [3.63, 3.8) is 0 Å².